The van der Waals surface area contributed by atoms with E-state index in [1.54, 1.807) is 18.4 Å². The SMILES string of the molecule is COCc1nn2c(C)c(-c3ccccc3)nc2s1. The molecule has 1 aromatic carbocycles. The second-order valence-electron chi connectivity index (χ2n) is 4.04. The molecule has 3 rings (SSSR count). The van der Waals surface area contributed by atoms with Gasteiger partial charge in [-0.1, -0.05) is 41.7 Å². The summed E-state index contributed by atoms with van der Waals surface area (Å²) in [5, 5.41) is 5.44. The molecule has 0 saturated heterocycles. The van der Waals surface area contributed by atoms with Crippen LogP contribution in [0.5, 0.6) is 0 Å². The molecule has 0 aliphatic rings. The Labute approximate surface area is 109 Å². The Morgan fingerprint density at radius 1 is 1.28 bits per heavy atom. The van der Waals surface area contributed by atoms with Crippen molar-refractivity contribution in [1.82, 2.24) is 14.6 Å². The van der Waals surface area contributed by atoms with Crippen LogP contribution in [0.15, 0.2) is 30.3 Å². The first-order chi connectivity index (χ1) is 8.79. The van der Waals surface area contributed by atoms with E-state index in [1.165, 1.54) is 0 Å². The number of ether oxygens (including phenoxy) is 1. The van der Waals surface area contributed by atoms with Crippen LogP contribution in [0, 0.1) is 6.92 Å². The Morgan fingerprint density at radius 3 is 2.72 bits per heavy atom. The molecule has 5 heteroatoms. The first-order valence-electron chi connectivity index (χ1n) is 5.69. The molecule has 2 heterocycles. The minimum absolute atomic E-state index is 0.536. The summed E-state index contributed by atoms with van der Waals surface area (Å²) in [6.45, 7) is 2.58. The lowest BCUT2D eigenvalue weighted by molar-refractivity contribution is 0.183. The Kier molecular flexibility index (Phi) is 2.85. The smallest absolute Gasteiger partial charge is 0.213 e. The fourth-order valence-electron chi connectivity index (χ4n) is 1.94. The van der Waals surface area contributed by atoms with Gasteiger partial charge in [0.15, 0.2) is 0 Å². The molecule has 0 atom stereocenters. The van der Waals surface area contributed by atoms with Gasteiger partial charge in [0.05, 0.1) is 18.0 Å². The lowest BCUT2D eigenvalue weighted by atomic mass is 10.1. The Balaban J connectivity index is 2.10. The van der Waals surface area contributed by atoms with Gasteiger partial charge >= 0.3 is 0 Å². The van der Waals surface area contributed by atoms with Gasteiger partial charge in [-0.2, -0.15) is 5.10 Å². The number of aryl methyl sites for hydroxylation is 1. The number of nitrogens with zero attached hydrogens (tertiary/aromatic N) is 3. The number of methoxy groups -OCH3 is 1. The molecule has 0 radical (unpaired) electrons. The molecule has 18 heavy (non-hydrogen) atoms. The van der Waals surface area contributed by atoms with E-state index in [0.717, 1.165) is 26.9 Å². The quantitative estimate of drug-likeness (QED) is 0.726. The van der Waals surface area contributed by atoms with E-state index < -0.39 is 0 Å². The van der Waals surface area contributed by atoms with E-state index >= 15 is 0 Å². The molecule has 0 aliphatic heterocycles. The van der Waals surface area contributed by atoms with Crippen LogP contribution < -0.4 is 0 Å². The van der Waals surface area contributed by atoms with Gasteiger partial charge in [0.25, 0.3) is 0 Å². The lowest BCUT2D eigenvalue weighted by Crippen LogP contribution is -1.92. The molecule has 0 spiro atoms. The number of aromatic nitrogens is 3. The van der Waals surface area contributed by atoms with Crippen molar-refractivity contribution in [3.8, 4) is 11.3 Å². The van der Waals surface area contributed by atoms with Crippen LogP contribution in [0.25, 0.3) is 16.2 Å². The summed E-state index contributed by atoms with van der Waals surface area (Å²) in [5.74, 6) is 0. The zero-order chi connectivity index (χ0) is 12.5. The van der Waals surface area contributed by atoms with Gasteiger partial charge in [0.2, 0.25) is 4.96 Å². The third-order valence-electron chi connectivity index (χ3n) is 2.78. The van der Waals surface area contributed by atoms with Crippen molar-refractivity contribution in [2.45, 2.75) is 13.5 Å². The van der Waals surface area contributed by atoms with Gasteiger partial charge in [0, 0.05) is 12.7 Å². The zero-order valence-electron chi connectivity index (χ0n) is 10.3. The van der Waals surface area contributed by atoms with Crippen molar-refractivity contribution in [2.75, 3.05) is 7.11 Å². The van der Waals surface area contributed by atoms with Gasteiger partial charge in [0.1, 0.15) is 5.01 Å². The van der Waals surface area contributed by atoms with Gasteiger partial charge in [-0.25, -0.2) is 9.50 Å². The van der Waals surface area contributed by atoms with Crippen molar-refractivity contribution in [3.63, 3.8) is 0 Å². The van der Waals surface area contributed by atoms with E-state index in [2.05, 4.69) is 22.2 Å². The number of imidazole rings is 1. The maximum absolute atomic E-state index is 5.09. The largest absolute Gasteiger partial charge is 0.377 e. The molecule has 0 fully saturated rings. The Bertz CT molecular complexity index is 672. The predicted molar refractivity (Wildman–Crippen MR) is 71.8 cm³/mol. The summed E-state index contributed by atoms with van der Waals surface area (Å²) in [6, 6.07) is 10.2. The molecule has 2 aromatic heterocycles. The second kappa shape index (κ2) is 4.51. The van der Waals surface area contributed by atoms with Crippen molar-refractivity contribution < 1.29 is 4.74 Å². The molecule has 0 amide bonds. The standard InChI is InChI=1S/C13H13N3OS/c1-9-12(10-6-4-3-5-7-10)14-13-16(9)15-11(18-13)8-17-2/h3-7H,8H2,1-2H3. The summed E-state index contributed by atoms with van der Waals surface area (Å²) in [6.07, 6.45) is 0. The van der Waals surface area contributed by atoms with Gasteiger partial charge < -0.3 is 4.74 Å². The van der Waals surface area contributed by atoms with Gasteiger partial charge in [-0.05, 0) is 6.92 Å². The first kappa shape index (κ1) is 11.4. The first-order valence-corrected chi connectivity index (χ1v) is 6.50. The molecule has 0 saturated carbocycles. The average molecular weight is 259 g/mol. The van der Waals surface area contributed by atoms with E-state index in [0.29, 0.717) is 6.61 Å². The topological polar surface area (TPSA) is 39.4 Å². The van der Waals surface area contributed by atoms with E-state index in [1.807, 2.05) is 29.6 Å². The van der Waals surface area contributed by atoms with Crippen LogP contribution in [0.4, 0.5) is 0 Å². The van der Waals surface area contributed by atoms with Crippen molar-refractivity contribution in [3.05, 3.63) is 41.0 Å². The van der Waals surface area contributed by atoms with Crippen LogP contribution in [-0.2, 0) is 11.3 Å². The minimum Gasteiger partial charge on any atom is -0.377 e. The highest BCUT2D eigenvalue weighted by Crippen LogP contribution is 2.26. The fraction of sp³-hybridized carbons (Fsp3) is 0.231. The third kappa shape index (κ3) is 1.81. The summed E-state index contributed by atoms with van der Waals surface area (Å²) in [7, 11) is 1.67. The Hall–Kier alpha value is -1.72. The third-order valence-corrected chi connectivity index (χ3v) is 3.67. The molecule has 4 nitrogen and oxygen atoms in total. The van der Waals surface area contributed by atoms with Crippen LogP contribution in [-0.4, -0.2) is 21.7 Å². The molecule has 3 aromatic rings. The van der Waals surface area contributed by atoms with E-state index in [4.69, 9.17) is 4.74 Å². The molecule has 0 unspecified atom stereocenters. The van der Waals surface area contributed by atoms with Crippen LogP contribution in [0.2, 0.25) is 0 Å². The molecule has 0 N–H and O–H groups in total. The summed E-state index contributed by atoms with van der Waals surface area (Å²) >= 11 is 1.57. The minimum atomic E-state index is 0.536. The van der Waals surface area contributed by atoms with Crippen LogP contribution >= 0.6 is 11.3 Å². The summed E-state index contributed by atoms with van der Waals surface area (Å²) in [4.78, 5) is 5.56. The normalized spacial score (nSPS) is 11.2. The highest BCUT2D eigenvalue weighted by molar-refractivity contribution is 7.16. The van der Waals surface area contributed by atoms with Crippen molar-refractivity contribution in [2.24, 2.45) is 0 Å². The number of hydrogen-bond donors (Lipinski definition) is 0. The maximum atomic E-state index is 5.09. The Morgan fingerprint density at radius 2 is 2.06 bits per heavy atom. The molecule has 92 valence electrons. The zero-order valence-corrected chi connectivity index (χ0v) is 11.1. The van der Waals surface area contributed by atoms with Crippen molar-refractivity contribution >= 4 is 16.3 Å². The lowest BCUT2D eigenvalue weighted by Gasteiger charge is -1.97. The second-order valence-corrected chi connectivity index (χ2v) is 5.08. The van der Waals surface area contributed by atoms with Crippen molar-refractivity contribution in [1.29, 1.82) is 0 Å². The highest BCUT2D eigenvalue weighted by Gasteiger charge is 2.14. The maximum Gasteiger partial charge on any atom is 0.213 e. The number of benzene rings is 1. The monoisotopic (exact) mass is 259 g/mol. The molecular formula is C13H13N3OS. The molecule has 0 aliphatic carbocycles. The van der Waals surface area contributed by atoms with E-state index in [9.17, 15) is 0 Å². The highest BCUT2D eigenvalue weighted by atomic mass is 32.1. The molecule has 0 bridgehead atoms. The van der Waals surface area contributed by atoms with Crippen LogP contribution in [0.1, 0.15) is 10.7 Å². The molecular weight excluding hydrogens is 246 g/mol. The summed E-state index contributed by atoms with van der Waals surface area (Å²) < 4.78 is 6.98. The average Bonchev–Trinajstić information content (AvgIpc) is 2.91. The van der Waals surface area contributed by atoms with E-state index in [-0.39, 0.29) is 0 Å². The number of rotatable bonds is 3. The van der Waals surface area contributed by atoms with Gasteiger partial charge in [-0.3, -0.25) is 0 Å². The number of hydrogen-bond acceptors (Lipinski definition) is 4. The predicted octanol–water partition coefficient (Wildman–Crippen LogP) is 2.91. The summed E-state index contributed by atoms with van der Waals surface area (Å²) in [5.41, 5.74) is 3.19. The fourth-order valence-corrected chi connectivity index (χ4v) is 2.85. The van der Waals surface area contributed by atoms with Crippen LogP contribution in [0.3, 0.4) is 0 Å². The van der Waals surface area contributed by atoms with Gasteiger partial charge in [-0.15, -0.1) is 0 Å². The number of fused-ring (bicyclic) bond motifs is 1.